The lowest BCUT2D eigenvalue weighted by molar-refractivity contribution is -0.137. The second-order valence-corrected chi connectivity index (χ2v) is 4.11. The fourth-order valence-electron chi connectivity index (χ4n) is 1.46. The number of nitrogens with zero attached hydrogens (tertiary/aromatic N) is 3. The molecular formula is C11H7ClF3N3O2. The highest BCUT2D eigenvalue weighted by molar-refractivity contribution is 6.31. The highest BCUT2D eigenvalue weighted by Gasteiger charge is 2.33. The first-order chi connectivity index (χ1) is 9.32. The molecule has 0 amide bonds. The van der Waals surface area contributed by atoms with Gasteiger partial charge in [0.05, 0.1) is 29.6 Å². The third kappa shape index (κ3) is 2.74. The molecule has 0 saturated carbocycles. The van der Waals surface area contributed by atoms with Crippen molar-refractivity contribution in [3.8, 4) is 5.69 Å². The van der Waals surface area contributed by atoms with Crippen LogP contribution < -0.4 is 0 Å². The highest BCUT2D eigenvalue weighted by Crippen LogP contribution is 2.35. The van der Waals surface area contributed by atoms with Gasteiger partial charge in [0.15, 0.2) is 5.69 Å². The lowest BCUT2D eigenvalue weighted by atomic mass is 10.2. The van der Waals surface area contributed by atoms with Gasteiger partial charge in [0, 0.05) is 0 Å². The largest absolute Gasteiger partial charge is 0.464 e. The van der Waals surface area contributed by atoms with Crippen LogP contribution in [0.5, 0.6) is 0 Å². The fraction of sp³-hybridized carbons (Fsp3) is 0.182. The summed E-state index contributed by atoms with van der Waals surface area (Å²) >= 11 is 5.51. The van der Waals surface area contributed by atoms with Gasteiger partial charge in [-0.2, -0.15) is 13.2 Å². The summed E-state index contributed by atoms with van der Waals surface area (Å²) in [7, 11) is 1.16. The average Bonchev–Trinajstić information content (AvgIpc) is 2.86. The SMILES string of the molecule is COC(=O)c1cn(-c2ccc(Cl)c(C(F)(F)F)c2)nn1. The summed E-state index contributed by atoms with van der Waals surface area (Å²) in [5.74, 6) is -0.735. The molecule has 9 heteroatoms. The van der Waals surface area contributed by atoms with Crippen LogP contribution in [-0.4, -0.2) is 28.1 Å². The number of hydrogen-bond acceptors (Lipinski definition) is 4. The Bertz CT molecular complexity index is 655. The minimum atomic E-state index is -4.58. The zero-order valence-corrected chi connectivity index (χ0v) is 10.7. The minimum Gasteiger partial charge on any atom is -0.464 e. The summed E-state index contributed by atoms with van der Waals surface area (Å²) in [6, 6.07) is 3.24. The van der Waals surface area contributed by atoms with Crippen molar-refractivity contribution in [1.29, 1.82) is 0 Å². The molecule has 1 aromatic carbocycles. The van der Waals surface area contributed by atoms with Gasteiger partial charge < -0.3 is 4.74 Å². The molecular weight excluding hydrogens is 299 g/mol. The summed E-state index contributed by atoms with van der Waals surface area (Å²) in [6.45, 7) is 0. The van der Waals surface area contributed by atoms with Crippen molar-refractivity contribution >= 4 is 17.6 Å². The quantitative estimate of drug-likeness (QED) is 0.801. The Kier molecular flexibility index (Phi) is 3.67. The van der Waals surface area contributed by atoms with Gasteiger partial charge in [-0.25, -0.2) is 9.48 Å². The summed E-state index contributed by atoms with van der Waals surface area (Å²) in [6.07, 6.45) is -3.42. The van der Waals surface area contributed by atoms with Crippen LogP contribution in [-0.2, 0) is 10.9 Å². The number of methoxy groups -OCH3 is 1. The van der Waals surface area contributed by atoms with Crippen molar-refractivity contribution < 1.29 is 22.7 Å². The van der Waals surface area contributed by atoms with Gasteiger partial charge in [0.25, 0.3) is 0 Å². The van der Waals surface area contributed by atoms with Crippen LogP contribution in [0.25, 0.3) is 5.69 Å². The monoisotopic (exact) mass is 305 g/mol. The molecule has 2 rings (SSSR count). The number of rotatable bonds is 2. The van der Waals surface area contributed by atoms with Gasteiger partial charge in [0.2, 0.25) is 0 Å². The number of halogens is 4. The molecule has 0 radical (unpaired) electrons. The molecule has 0 aliphatic rings. The Labute approximate surface area is 115 Å². The Morgan fingerprint density at radius 3 is 2.70 bits per heavy atom. The maximum absolute atomic E-state index is 12.7. The first kappa shape index (κ1) is 14.3. The first-order valence-corrected chi connectivity index (χ1v) is 5.58. The predicted molar refractivity (Wildman–Crippen MR) is 62.7 cm³/mol. The van der Waals surface area contributed by atoms with Crippen LogP contribution in [0.1, 0.15) is 16.1 Å². The van der Waals surface area contributed by atoms with Gasteiger partial charge >= 0.3 is 12.1 Å². The van der Waals surface area contributed by atoms with E-state index >= 15 is 0 Å². The molecule has 0 aliphatic heterocycles. The molecule has 0 atom stereocenters. The number of benzene rings is 1. The lowest BCUT2D eigenvalue weighted by Gasteiger charge is -2.10. The Morgan fingerprint density at radius 2 is 2.10 bits per heavy atom. The summed E-state index contributed by atoms with van der Waals surface area (Å²) in [4.78, 5) is 11.2. The number of alkyl halides is 3. The van der Waals surface area contributed by atoms with Crippen molar-refractivity contribution in [2.45, 2.75) is 6.18 Å². The third-order valence-corrected chi connectivity index (χ3v) is 2.74. The minimum absolute atomic E-state index is 0.0735. The molecule has 2 aromatic rings. The Balaban J connectivity index is 2.44. The summed E-state index contributed by atoms with van der Waals surface area (Å²) in [5, 5.41) is 6.64. The van der Waals surface area contributed by atoms with Crippen molar-refractivity contribution in [3.05, 3.63) is 40.7 Å². The zero-order chi connectivity index (χ0) is 14.9. The molecule has 1 aromatic heterocycles. The zero-order valence-electron chi connectivity index (χ0n) is 9.98. The van der Waals surface area contributed by atoms with E-state index < -0.39 is 22.7 Å². The Morgan fingerprint density at radius 1 is 1.40 bits per heavy atom. The summed E-state index contributed by atoms with van der Waals surface area (Å²) < 4.78 is 43.6. The Hall–Kier alpha value is -2.09. The molecule has 0 fully saturated rings. The van der Waals surface area contributed by atoms with Crippen LogP contribution in [0.4, 0.5) is 13.2 Å². The maximum Gasteiger partial charge on any atom is 0.417 e. The maximum atomic E-state index is 12.7. The lowest BCUT2D eigenvalue weighted by Crippen LogP contribution is -2.07. The van der Waals surface area contributed by atoms with E-state index in [0.29, 0.717) is 0 Å². The number of carbonyl (C=O) groups is 1. The molecule has 106 valence electrons. The van der Waals surface area contributed by atoms with E-state index in [-0.39, 0.29) is 11.4 Å². The smallest absolute Gasteiger partial charge is 0.417 e. The molecule has 5 nitrogen and oxygen atoms in total. The van der Waals surface area contributed by atoms with Crippen molar-refractivity contribution in [3.63, 3.8) is 0 Å². The van der Waals surface area contributed by atoms with Crippen LogP contribution in [0.15, 0.2) is 24.4 Å². The molecule has 0 unspecified atom stereocenters. The van der Waals surface area contributed by atoms with E-state index in [1.54, 1.807) is 0 Å². The van der Waals surface area contributed by atoms with E-state index in [2.05, 4.69) is 15.0 Å². The number of esters is 1. The number of carbonyl (C=O) groups excluding carboxylic acids is 1. The van der Waals surface area contributed by atoms with E-state index in [4.69, 9.17) is 11.6 Å². The number of ether oxygens (including phenoxy) is 1. The second-order valence-electron chi connectivity index (χ2n) is 3.70. The molecule has 0 N–H and O–H groups in total. The van der Waals surface area contributed by atoms with Gasteiger partial charge in [-0.1, -0.05) is 16.8 Å². The first-order valence-electron chi connectivity index (χ1n) is 5.20. The van der Waals surface area contributed by atoms with Crippen molar-refractivity contribution in [2.75, 3.05) is 7.11 Å². The van der Waals surface area contributed by atoms with Crippen molar-refractivity contribution in [1.82, 2.24) is 15.0 Å². The normalized spacial score (nSPS) is 11.4. The van der Waals surface area contributed by atoms with Crippen molar-refractivity contribution in [2.24, 2.45) is 0 Å². The van der Waals surface area contributed by atoms with Gasteiger partial charge in [-0.15, -0.1) is 5.10 Å². The van der Waals surface area contributed by atoms with Crippen LogP contribution in [0.2, 0.25) is 5.02 Å². The third-order valence-electron chi connectivity index (χ3n) is 2.41. The van der Waals surface area contributed by atoms with Crippen LogP contribution in [0.3, 0.4) is 0 Å². The molecule has 0 spiro atoms. The molecule has 20 heavy (non-hydrogen) atoms. The van der Waals surface area contributed by atoms with Gasteiger partial charge in [-0.3, -0.25) is 0 Å². The molecule has 1 heterocycles. The summed E-state index contributed by atoms with van der Waals surface area (Å²) in [5.41, 5.74) is -1.04. The second kappa shape index (κ2) is 5.12. The van der Waals surface area contributed by atoms with E-state index in [1.807, 2.05) is 0 Å². The standard InChI is InChI=1S/C11H7ClF3N3O2/c1-20-10(19)9-5-18(17-16-9)6-2-3-8(12)7(4-6)11(13,14)15/h2-5H,1H3. The number of aromatic nitrogens is 3. The highest BCUT2D eigenvalue weighted by atomic mass is 35.5. The van der Waals surface area contributed by atoms with E-state index in [9.17, 15) is 18.0 Å². The number of hydrogen-bond donors (Lipinski definition) is 0. The fourth-order valence-corrected chi connectivity index (χ4v) is 1.69. The van der Waals surface area contributed by atoms with E-state index in [0.717, 1.165) is 30.1 Å². The molecule has 0 saturated heterocycles. The molecule has 0 bridgehead atoms. The van der Waals surface area contributed by atoms with Gasteiger partial charge in [-0.05, 0) is 18.2 Å². The predicted octanol–water partition coefficient (Wildman–Crippen LogP) is 2.73. The van der Waals surface area contributed by atoms with E-state index in [1.165, 1.54) is 6.07 Å². The molecule has 0 aliphatic carbocycles. The van der Waals surface area contributed by atoms with Crippen LogP contribution in [0, 0.1) is 0 Å². The average molecular weight is 306 g/mol. The van der Waals surface area contributed by atoms with Crippen LogP contribution >= 0.6 is 11.6 Å². The van der Waals surface area contributed by atoms with Gasteiger partial charge in [0.1, 0.15) is 0 Å². The topological polar surface area (TPSA) is 57.0 Å².